The van der Waals surface area contributed by atoms with Gasteiger partial charge in [-0.25, -0.2) is 0 Å². The lowest BCUT2D eigenvalue weighted by molar-refractivity contribution is -0.154. The molecule has 3 heteroatoms. The summed E-state index contributed by atoms with van der Waals surface area (Å²) in [5, 5.41) is 0. The zero-order valence-corrected chi connectivity index (χ0v) is 7.34. The van der Waals surface area contributed by atoms with Crippen LogP contribution in [0.4, 0.5) is 0 Å². The van der Waals surface area contributed by atoms with Gasteiger partial charge in [-0.1, -0.05) is 5.92 Å². The summed E-state index contributed by atoms with van der Waals surface area (Å²) in [4.78, 5) is 0. The Balaban J connectivity index is 2.09. The first-order valence-corrected chi connectivity index (χ1v) is 4.06. The van der Waals surface area contributed by atoms with Crippen LogP contribution in [0.15, 0.2) is 0 Å². The van der Waals surface area contributed by atoms with Crippen LogP contribution in [0.2, 0.25) is 0 Å². The van der Waals surface area contributed by atoms with Crippen molar-refractivity contribution >= 4 is 0 Å². The molecule has 0 aromatic carbocycles. The van der Waals surface area contributed by atoms with Crippen molar-refractivity contribution < 1.29 is 14.2 Å². The third-order valence-corrected chi connectivity index (χ3v) is 1.78. The second-order valence-corrected chi connectivity index (χ2v) is 2.84. The van der Waals surface area contributed by atoms with Crippen LogP contribution in [0.25, 0.3) is 0 Å². The molecule has 1 saturated heterocycles. The monoisotopic (exact) mass is 170 g/mol. The minimum atomic E-state index is -0.450. The molecule has 1 aliphatic rings. The Labute approximate surface area is 73.0 Å². The third kappa shape index (κ3) is 2.82. The van der Waals surface area contributed by atoms with E-state index in [0.29, 0.717) is 26.4 Å². The summed E-state index contributed by atoms with van der Waals surface area (Å²) in [5.74, 6) is 1.95. The van der Waals surface area contributed by atoms with Gasteiger partial charge in [-0.05, 0) is 6.92 Å². The van der Waals surface area contributed by atoms with Gasteiger partial charge >= 0.3 is 0 Å². The molecule has 1 fully saturated rings. The molecule has 1 heterocycles. The van der Waals surface area contributed by atoms with Crippen LogP contribution in [0.5, 0.6) is 0 Å². The molecule has 0 amide bonds. The summed E-state index contributed by atoms with van der Waals surface area (Å²) in [6.07, 6.45) is 5.75. The zero-order valence-electron chi connectivity index (χ0n) is 7.34. The van der Waals surface area contributed by atoms with Gasteiger partial charge in [-0.3, -0.25) is 0 Å². The summed E-state index contributed by atoms with van der Waals surface area (Å²) in [6, 6.07) is 0. The van der Waals surface area contributed by atoms with Crippen LogP contribution < -0.4 is 0 Å². The second-order valence-electron chi connectivity index (χ2n) is 2.84. The summed E-state index contributed by atoms with van der Waals surface area (Å²) in [7, 11) is 0. The van der Waals surface area contributed by atoms with E-state index in [2.05, 4.69) is 5.92 Å². The third-order valence-electron chi connectivity index (χ3n) is 1.78. The second kappa shape index (κ2) is 4.46. The average Bonchev–Trinajstić information content (AvgIpc) is 2.47. The topological polar surface area (TPSA) is 27.7 Å². The van der Waals surface area contributed by atoms with Gasteiger partial charge in [0.1, 0.15) is 6.61 Å². The maximum absolute atomic E-state index is 5.37. The Kier molecular flexibility index (Phi) is 3.54. The van der Waals surface area contributed by atoms with E-state index in [9.17, 15) is 0 Å². The number of hydrogen-bond donors (Lipinski definition) is 0. The van der Waals surface area contributed by atoms with Gasteiger partial charge in [0.15, 0.2) is 5.79 Å². The molecule has 0 aromatic heterocycles. The van der Waals surface area contributed by atoms with Crippen LogP contribution >= 0.6 is 0 Å². The van der Waals surface area contributed by atoms with Crippen LogP contribution in [0.1, 0.15) is 13.3 Å². The van der Waals surface area contributed by atoms with Crippen molar-refractivity contribution in [1.29, 1.82) is 0 Å². The SMILES string of the molecule is C#CCOCCC1(C)OCCO1. The lowest BCUT2D eigenvalue weighted by Crippen LogP contribution is -2.27. The molecule has 0 bridgehead atoms. The van der Waals surface area contributed by atoms with Crippen molar-refractivity contribution in [3.8, 4) is 12.3 Å². The van der Waals surface area contributed by atoms with Crippen LogP contribution in [-0.4, -0.2) is 32.2 Å². The van der Waals surface area contributed by atoms with Crippen molar-refractivity contribution in [3.63, 3.8) is 0 Å². The zero-order chi connectivity index (χ0) is 8.86. The normalized spacial score (nSPS) is 20.7. The van der Waals surface area contributed by atoms with Crippen molar-refractivity contribution in [3.05, 3.63) is 0 Å². The fourth-order valence-electron chi connectivity index (χ4n) is 1.09. The van der Waals surface area contributed by atoms with Gasteiger partial charge < -0.3 is 14.2 Å². The maximum Gasteiger partial charge on any atom is 0.167 e. The Bertz CT molecular complexity index is 165. The van der Waals surface area contributed by atoms with Gasteiger partial charge in [0.2, 0.25) is 0 Å². The summed E-state index contributed by atoms with van der Waals surface area (Å²) >= 11 is 0. The Morgan fingerprint density at radius 2 is 2.17 bits per heavy atom. The van der Waals surface area contributed by atoms with Crippen molar-refractivity contribution in [2.45, 2.75) is 19.1 Å². The largest absolute Gasteiger partial charge is 0.369 e. The fourth-order valence-corrected chi connectivity index (χ4v) is 1.09. The van der Waals surface area contributed by atoms with Crippen LogP contribution in [0, 0.1) is 12.3 Å². The summed E-state index contributed by atoms with van der Waals surface area (Å²) in [6.45, 7) is 4.20. The standard InChI is InChI=1S/C9H14O3/c1-3-5-10-6-4-9(2)11-7-8-12-9/h1H,4-8H2,2H3. The highest BCUT2D eigenvalue weighted by Crippen LogP contribution is 2.21. The summed E-state index contributed by atoms with van der Waals surface area (Å²) in [5.41, 5.74) is 0. The molecule has 0 saturated carbocycles. The smallest absolute Gasteiger partial charge is 0.167 e. The van der Waals surface area contributed by atoms with E-state index >= 15 is 0 Å². The quantitative estimate of drug-likeness (QED) is 0.461. The van der Waals surface area contributed by atoms with Crippen molar-refractivity contribution in [2.24, 2.45) is 0 Å². The molecule has 12 heavy (non-hydrogen) atoms. The maximum atomic E-state index is 5.37. The van der Waals surface area contributed by atoms with Crippen LogP contribution in [0.3, 0.4) is 0 Å². The number of terminal acetylenes is 1. The van der Waals surface area contributed by atoms with E-state index < -0.39 is 5.79 Å². The molecule has 0 atom stereocenters. The minimum Gasteiger partial charge on any atom is -0.369 e. The lowest BCUT2D eigenvalue weighted by atomic mass is 10.2. The predicted molar refractivity (Wildman–Crippen MR) is 44.6 cm³/mol. The van der Waals surface area contributed by atoms with Crippen LogP contribution in [-0.2, 0) is 14.2 Å². The van der Waals surface area contributed by atoms with E-state index in [1.165, 1.54) is 0 Å². The van der Waals surface area contributed by atoms with Crippen molar-refractivity contribution in [2.75, 3.05) is 26.4 Å². The van der Waals surface area contributed by atoms with E-state index in [1.807, 2.05) is 6.92 Å². The van der Waals surface area contributed by atoms with E-state index in [0.717, 1.165) is 6.42 Å². The number of ether oxygens (including phenoxy) is 3. The average molecular weight is 170 g/mol. The van der Waals surface area contributed by atoms with Gasteiger partial charge in [0, 0.05) is 6.42 Å². The fraction of sp³-hybridized carbons (Fsp3) is 0.778. The highest BCUT2D eigenvalue weighted by Gasteiger charge is 2.30. The Morgan fingerprint density at radius 1 is 1.50 bits per heavy atom. The van der Waals surface area contributed by atoms with Gasteiger partial charge in [-0.15, -0.1) is 6.42 Å². The lowest BCUT2D eigenvalue weighted by Gasteiger charge is -2.21. The molecule has 0 aliphatic carbocycles. The number of hydrogen-bond acceptors (Lipinski definition) is 3. The summed E-state index contributed by atoms with van der Waals surface area (Å²) < 4.78 is 15.8. The first-order valence-electron chi connectivity index (χ1n) is 4.06. The molecule has 1 aliphatic heterocycles. The Morgan fingerprint density at radius 3 is 2.75 bits per heavy atom. The first kappa shape index (κ1) is 9.53. The molecule has 0 N–H and O–H groups in total. The molecule has 68 valence electrons. The number of rotatable bonds is 4. The molecular weight excluding hydrogens is 156 g/mol. The minimum absolute atomic E-state index is 0.357. The molecule has 0 radical (unpaired) electrons. The van der Waals surface area contributed by atoms with Crippen molar-refractivity contribution in [1.82, 2.24) is 0 Å². The van der Waals surface area contributed by atoms with Gasteiger partial charge in [0.25, 0.3) is 0 Å². The molecule has 0 aromatic rings. The molecule has 1 rings (SSSR count). The van der Waals surface area contributed by atoms with E-state index in [1.54, 1.807) is 0 Å². The highest BCUT2D eigenvalue weighted by molar-refractivity contribution is 4.83. The van der Waals surface area contributed by atoms with E-state index in [-0.39, 0.29) is 0 Å². The molecular formula is C9H14O3. The van der Waals surface area contributed by atoms with Gasteiger partial charge in [-0.2, -0.15) is 0 Å². The first-order chi connectivity index (χ1) is 5.77. The predicted octanol–water partition coefficient (Wildman–Crippen LogP) is 0.789. The van der Waals surface area contributed by atoms with Gasteiger partial charge in [0.05, 0.1) is 19.8 Å². The molecule has 3 nitrogen and oxygen atoms in total. The Hall–Kier alpha value is -0.560. The van der Waals surface area contributed by atoms with E-state index in [4.69, 9.17) is 20.6 Å². The molecule has 0 spiro atoms. The molecule has 0 unspecified atom stereocenters. The highest BCUT2D eigenvalue weighted by atomic mass is 16.7.